The molecule has 176 valence electrons. The molecule has 0 aromatic heterocycles. The molecule has 3 rings (SSSR count). The van der Waals surface area contributed by atoms with Crippen LogP contribution in [-0.2, 0) is 19.6 Å². The molecule has 1 atom stereocenters. The van der Waals surface area contributed by atoms with Crippen molar-refractivity contribution in [1.82, 2.24) is 4.90 Å². The van der Waals surface area contributed by atoms with Crippen molar-refractivity contribution in [3.05, 3.63) is 53.6 Å². The number of nitrogens with one attached hydrogen (secondary N) is 1. The van der Waals surface area contributed by atoms with Gasteiger partial charge in [-0.2, -0.15) is 0 Å². The average Bonchev–Trinajstić information content (AvgIpc) is 3.08. The van der Waals surface area contributed by atoms with Gasteiger partial charge in [-0.1, -0.05) is 6.07 Å². The first-order valence-corrected chi connectivity index (χ1v) is 12.2. The van der Waals surface area contributed by atoms with E-state index in [2.05, 4.69) is 10.3 Å². The lowest BCUT2D eigenvalue weighted by Crippen LogP contribution is -2.35. The monoisotopic (exact) mass is 472 g/mol. The van der Waals surface area contributed by atoms with Crippen LogP contribution in [0.2, 0.25) is 0 Å². The summed E-state index contributed by atoms with van der Waals surface area (Å²) in [4.78, 5) is 30.9. The third-order valence-electron chi connectivity index (χ3n) is 5.32. The second-order valence-corrected chi connectivity index (χ2v) is 10.0. The highest BCUT2D eigenvalue weighted by atomic mass is 32.2. The Morgan fingerprint density at radius 3 is 2.36 bits per heavy atom. The van der Waals surface area contributed by atoms with Crippen LogP contribution < -0.4 is 9.62 Å². The number of hydrogen-bond donors (Lipinski definition) is 1. The van der Waals surface area contributed by atoms with Crippen LogP contribution in [0.5, 0.6) is 0 Å². The number of esters is 1. The van der Waals surface area contributed by atoms with Crippen molar-refractivity contribution in [2.45, 2.75) is 12.8 Å². The number of aliphatic imine (C=N–C) groups is 1. The van der Waals surface area contributed by atoms with Gasteiger partial charge in [0, 0.05) is 24.5 Å². The molecule has 9 nitrogen and oxygen atoms in total. The second-order valence-electron chi connectivity index (χ2n) is 8.12. The molecular formula is C23H28N4O5S. The van der Waals surface area contributed by atoms with Crippen LogP contribution in [0.3, 0.4) is 0 Å². The number of sulfonamides is 1. The van der Waals surface area contributed by atoms with Crippen molar-refractivity contribution < 1.29 is 22.7 Å². The first-order chi connectivity index (χ1) is 15.5. The zero-order valence-electron chi connectivity index (χ0n) is 19.3. The fraction of sp³-hybridized carbons (Fsp3) is 0.348. The summed E-state index contributed by atoms with van der Waals surface area (Å²) in [6.07, 6.45) is 1.18. The zero-order chi connectivity index (χ0) is 24.3. The summed E-state index contributed by atoms with van der Waals surface area (Å²) < 4.78 is 30.5. The first kappa shape index (κ1) is 24.4. The minimum atomic E-state index is -3.43. The van der Waals surface area contributed by atoms with Gasteiger partial charge in [0.05, 0.1) is 30.3 Å². The molecule has 0 radical (unpaired) electrons. The Bertz CT molecular complexity index is 1190. The van der Waals surface area contributed by atoms with E-state index >= 15 is 0 Å². The highest BCUT2D eigenvalue weighted by molar-refractivity contribution is 7.92. The highest BCUT2D eigenvalue weighted by Gasteiger charge is 2.33. The van der Waals surface area contributed by atoms with E-state index in [1.54, 1.807) is 49.4 Å². The summed E-state index contributed by atoms with van der Waals surface area (Å²) in [6, 6.07) is 11.8. The molecule has 1 aliphatic heterocycles. The van der Waals surface area contributed by atoms with E-state index in [0.29, 0.717) is 41.4 Å². The molecule has 2 aromatic rings. The number of benzene rings is 2. The van der Waals surface area contributed by atoms with Crippen LogP contribution in [0.4, 0.5) is 17.1 Å². The van der Waals surface area contributed by atoms with Gasteiger partial charge in [-0.25, -0.2) is 13.2 Å². The summed E-state index contributed by atoms with van der Waals surface area (Å²) >= 11 is 0. The fourth-order valence-corrected chi connectivity index (χ4v) is 4.58. The van der Waals surface area contributed by atoms with Crippen LogP contribution in [-0.4, -0.2) is 71.5 Å². The molecule has 1 aliphatic rings. The number of rotatable bonds is 8. The van der Waals surface area contributed by atoms with Gasteiger partial charge in [-0.15, -0.1) is 0 Å². The predicted molar refractivity (Wildman–Crippen MR) is 129 cm³/mol. The quantitative estimate of drug-likeness (QED) is 0.467. The van der Waals surface area contributed by atoms with Crippen molar-refractivity contribution in [1.29, 1.82) is 0 Å². The predicted octanol–water partition coefficient (Wildman–Crippen LogP) is 2.63. The zero-order valence-corrected chi connectivity index (χ0v) is 20.1. The van der Waals surface area contributed by atoms with Crippen molar-refractivity contribution in [2.24, 2.45) is 4.99 Å². The molecule has 1 unspecified atom stereocenters. The maximum absolute atomic E-state index is 12.6. The van der Waals surface area contributed by atoms with Gasteiger partial charge in [0.15, 0.2) is 0 Å². The fourth-order valence-electron chi connectivity index (χ4n) is 3.66. The summed E-state index contributed by atoms with van der Waals surface area (Å²) in [7, 11) is 1.64. The molecule has 33 heavy (non-hydrogen) atoms. The number of likely N-dealkylation sites (N-methyl/N-ethyl adjacent to an activating group) is 1. The number of fused-ring (bicyclic) bond motifs is 1. The summed E-state index contributed by atoms with van der Waals surface area (Å²) in [5.41, 5.74) is 3.38. The van der Waals surface area contributed by atoms with E-state index < -0.39 is 21.9 Å². The van der Waals surface area contributed by atoms with E-state index in [0.717, 1.165) is 5.56 Å². The third kappa shape index (κ3) is 5.58. The molecule has 0 spiro atoms. The number of nitrogens with zero attached hydrogens (tertiary/aromatic N) is 3. The molecule has 0 bridgehead atoms. The topological polar surface area (TPSA) is 108 Å². The number of amides is 1. The second kappa shape index (κ2) is 9.72. The number of methoxy groups -OCH3 is 1. The van der Waals surface area contributed by atoms with E-state index in [1.165, 1.54) is 17.7 Å². The molecule has 0 saturated heterocycles. The molecule has 1 N–H and O–H groups in total. The largest absolute Gasteiger partial charge is 0.465 e. The van der Waals surface area contributed by atoms with Gasteiger partial charge < -0.3 is 15.0 Å². The molecular weight excluding hydrogens is 444 g/mol. The lowest BCUT2D eigenvalue weighted by Gasteiger charge is -2.24. The Kier molecular flexibility index (Phi) is 7.19. The molecule has 2 aromatic carbocycles. The highest BCUT2D eigenvalue weighted by Crippen LogP contribution is 2.35. The minimum Gasteiger partial charge on any atom is -0.465 e. The van der Waals surface area contributed by atoms with Gasteiger partial charge in [0.2, 0.25) is 15.9 Å². The lowest BCUT2D eigenvalue weighted by atomic mass is 9.95. The summed E-state index contributed by atoms with van der Waals surface area (Å²) in [5.74, 6) is -1.29. The molecule has 10 heteroatoms. The van der Waals surface area contributed by atoms with Gasteiger partial charge in [-0.05, 0) is 63.0 Å². The van der Waals surface area contributed by atoms with Crippen molar-refractivity contribution in [3.8, 4) is 0 Å². The Hall–Kier alpha value is -3.24. The van der Waals surface area contributed by atoms with Gasteiger partial charge in [-0.3, -0.25) is 14.1 Å². The maximum atomic E-state index is 12.6. The number of carbonyl (C=O) groups is 2. The van der Waals surface area contributed by atoms with Gasteiger partial charge in [0.25, 0.3) is 0 Å². The van der Waals surface area contributed by atoms with Crippen LogP contribution in [0, 0.1) is 0 Å². The van der Waals surface area contributed by atoms with Crippen LogP contribution in [0.1, 0.15) is 28.8 Å². The number of ether oxygens (including phenoxy) is 1. The number of anilines is 2. The SMILES string of the molecule is COC(=O)c1ccc2c(c1)NC(=O)C2C(C)=Nc1ccc(N(CCN(C)C)S(C)(=O)=O)cc1. The lowest BCUT2D eigenvalue weighted by molar-refractivity contribution is -0.115. The first-order valence-electron chi connectivity index (χ1n) is 10.3. The Morgan fingerprint density at radius 2 is 1.79 bits per heavy atom. The standard InChI is InChI=1S/C23H28N4O5S/c1-15(21-19-11-6-16(23(29)32-4)14-20(19)25-22(21)28)24-17-7-9-18(10-8-17)27(33(5,30)31)13-12-26(2)3/h6-11,14,21H,12-13H2,1-5H3,(H,25,28). The third-order valence-corrected chi connectivity index (χ3v) is 6.51. The average molecular weight is 473 g/mol. The Labute approximate surface area is 194 Å². The molecule has 0 aliphatic carbocycles. The minimum absolute atomic E-state index is 0.225. The van der Waals surface area contributed by atoms with Crippen LogP contribution >= 0.6 is 0 Å². The van der Waals surface area contributed by atoms with Gasteiger partial charge >= 0.3 is 5.97 Å². The van der Waals surface area contributed by atoms with Crippen LogP contribution in [0.25, 0.3) is 0 Å². The van der Waals surface area contributed by atoms with E-state index in [-0.39, 0.29) is 5.91 Å². The Morgan fingerprint density at radius 1 is 1.12 bits per heavy atom. The smallest absolute Gasteiger partial charge is 0.337 e. The molecule has 1 heterocycles. The normalized spacial score (nSPS) is 15.9. The van der Waals surface area contributed by atoms with Crippen molar-refractivity contribution in [3.63, 3.8) is 0 Å². The van der Waals surface area contributed by atoms with Crippen molar-refractivity contribution in [2.75, 3.05) is 50.2 Å². The van der Waals surface area contributed by atoms with E-state index in [1.807, 2.05) is 19.0 Å². The molecule has 0 fully saturated rings. The Balaban J connectivity index is 1.84. The molecule has 1 amide bonds. The van der Waals surface area contributed by atoms with Gasteiger partial charge in [0.1, 0.15) is 5.92 Å². The number of hydrogen-bond acceptors (Lipinski definition) is 7. The maximum Gasteiger partial charge on any atom is 0.337 e. The number of carbonyl (C=O) groups excluding carboxylic acids is 2. The van der Waals surface area contributed by atoms with E-state index in [4.69, 9.17) is 4.74 Å². The van der Waals surface area contributed by atoms with Crippen molar-refractivity contribution >= 4 is 44.7 Å². The van der Waals surface area contributed by atoms with E-state index in [9.17, 15) is 18.0 Å². The van der Waals surface area contributed by atoms with Crippen LogP contribution in [0.15, 0.2) is 47.5 Å². The molecule has 0 saturated carbocycles. The summed E-state index contributed by atoms with van der Waals surface area (Å²) in [5, 5.41) is 2.79. The summed E-state index contributed by atoms with van der Waals surface area (Å²) in [6.45, 7) is 2.68.